The molecule has 1 aliphatic rings. The predicted molar refractivity (Wildman–Crippen MR) is 74.6 cm³/mol. The Labute approximate surface area is 112 Å². The van der Waals surface area contributed by atoms with Gasteiger partial charge in [-0.1, -0.05) is 20.8 Å². The number of halogens is 1. The summed E-state index contributed by atoms with van der Waals surface area (Å²) in [7, 11) is 1.93. The number of rotatable bonds is 3. The zero-order valence-corrected chi connectivity index (χ0v) is 12.4. The third-order valence-electron chi connectivity index (χ3n) is 3.06. The summed E-state index contributed by atoms with van der Waals surface area (Å²) in [6.45, 7) is 9.49. The first kappa shape index (κ1) is 16.7. The second kappa shape index (κ2) is 7.22. The van der Waals surface area contributed by atoms with E-state index in [0.717, 1.165) is 38.9 Å². The number of nitrogens with one attached hydrogen (secondary N) is 1. The van der Waals surface area contributed by atoms with E-state index in [4.69, 9.17) is 0 Å². The van der Waals surface area contributed by atoms with Crippen molar-refractivity contribution in [1.82, 2.24) is 10.2 Å². The lowest BCUT2D eigenvalue weighted by Gasteiger charge is -2.29. The molecule has 0 atom stereocenters. The van der Waals surface area contributed by atoms with Gasteiger partial charge in [0.05, 0.1) is 0 Å². The molecule has 0 saturated carbocycles. The topological polar surface area (TPSA) is 32.3 Å². The second-order valence-corrected chi connectivity index (χ2v) is 6.21. The Morgan fingerprint density at radius 1 is 1.29 bits per heavy atom. The van der Waals surface area contributed by atoms with E-state index < -0.39 is 0 Å². The molecule has 4 heteroatoms. The van der Waals surface area contributed by atoms with Crippen molar-refractivity contribution >= 4 is 18.3 Å². The number of hydrogen-bond donors (Lipinski definition) is 1. The minimum Gasteiger partial charge on any atom is -0.345 e. The van der Waals surface area contributed by atoms with E-state index in [2.05, 4.69) is 26.1 Å². The molecule has 1 aliphatic heterocycles. The maximum atomic E-state index is 12.0. The maximum absolute atomic E-state index is 12.0. The van der Waals surface area contributed by atoms with Crippen molar-refractivity contribution in [3.63, 3.8) is 0 Å². The molecule has 0 aliphatic carbocycles. The molecule has 1 rings (SSSR count). The van der Waals surface area contributed by atoms with Crippen molar-refractivity contribution < 1.29 is 4.79 Å². The molecule has 3 nitrogen and oxygen atoms in total. The smallest absolute Gasteiger partial charge is 0.222 e. The normalized spacial score (nSPS) is 17.4. The fraction of sp³-hybridized carbons (Fsp3) is 0.923. The highest BCUT2D eigenvalue weighted by molar-refractivity contribution is 5.85. The Hall–Kier alpha value is -0.280. The van der Waals surface area contributed by atoms with Crippen LogP contribution in [0.15, 0.2) is 0 Å². The Bertz CT molecular complexity index is 232. The van der Waals surface area contributed by atoms with Gasteiger partial charge in [-0.05, 0) is 37.3 Å². The van der Waals surface area contributed by atoms with Gasteiger partial charge in [0, 0.05) is 20.0 Å². The monoisotopic (exact) mass is 262 g/mol. The van der Waals surface area contributed by atoms with Crippen molar-refractivity contribution in [2.24, 2.45) is 11.3 Å². The van der Waals surface area contributed by atoms with Crippen molar-refractivity contribution in [2.45, 2.75) is 40.0 Å². The summed E-state index contributed by atoms with van der Waals surface area (Å²) in [5.74, 6) is 0.901. The van der Waals surface area contributed by atoms with E-state index in [1.165, 1.54) is 0 Å². The van der Waals surface area contributed by atoms with Gasteiger partial charge >= 0.3 is 0 Å². The zero-order chi connectivity index (χ0) is 12.2. The van der Waals surface area contributed by atoms with E-state index in [1.807, 2.05) is 11.9 Å². The third kappa shape index (κ3) is 6.89. The third-order valence-corrected chi connectivity index (χ3v) is 3.06. The first-order valence-electron chi connectivity index (χ1n) is 6.33. The fourth-order valence-electron chi connectivity index (χ4n) is 2.29. The highest BCUT2D eigenvalue weighted by atomic mass is 35.5. The lowest BCUT2D eigenvalue weighted by molar-refractivity contribution is -0.132. The average molecular weight is 263 g/mol. The summed E-state index contributed by atoms with van der Waals surface area (Å²) in [4.78, 5) is 13.9. The summed E-state index contributed by atoms with van der Waals surface area (Å²) in [5.41, 5.74) is 0.193. The van der Waals surface area contributed by atoms with E-state index in [1.54, 1.807) is 0 Å². The molecule has 0 unspecified atom stereocenters. The molecule has 1 N–H and O–H groups in total. The van der Waals surface area contributed by atoms with Crippen LogP contribution in [0.4, 0.5) is 0 Å². The molecule has 17 heavy (non-hydrogen) atoms. The van der Waals surface area contributed by atoms with Crippen LogP contribution in [0.1, 0.15) is 40.0 Å². The van der Waals surface area contributed by atoms with E-state index in [9.17, 15) is 4.79 Å². The van der Waals surface area contributed by atoms with Crippen molar-refractivity contribution in [3.8, 4) is 0 Å². The van der Waals surface area contributed by atoms with Gasteiger partial charge in [-0.3, -0.25) is 4.79 Å². The van der Waals surface area contributed by atoms with Crippen molar-refractivity contribution in [2.75, 3.05) is 26.7 Å². The first-order chi connectivity index (χ1) is 7.38. The van der Waals surface area contributed by atoms with Gasteiger partial charge in [0.25, 0.3) is 0 Å². The highest BCUT2D eigenvalue weighted by Gasteiger charge is 2.21. The molecule has 1 saturated heterocycles. The lowest BCUT2D eigenvalue weighted by atomic mass is 9.93. The molecule has 0 aromatic carbocycles. The Morgan fingerprint density at radius 2 is 1.82 bits per heavy atom. The second-order valence-electron chi connectivity index (χ2n) is 6.21. The molecule has 1 heterocycles. The number of amides is 1. The number of carbonyl (C=O) groups excluding carboxylic acids is 1. The Balaban J connectivity index is 0.00000256. The zero-order valence-electron chi connectivity index (χ0n) is 11.6. The van der Waals surface area contributed by atoms with Crippen LogP contribution in [0.5, 0.6) is 0 Å². The maximum Gasteiger partial charge on any atom is 0.222 e. The Kier molecular flexibility index (Phi) is 7.10. The van der Waals surface area contributed by atoms with Gasteiger partial charge in [0.15, 0.2) is 0 Å². The van der Waals surface area contributed by atoms with Crippen LogP contribution in [0, 0.1) is 11.3 Å². The van der Waals surface area contributed by atoms with Gasteiger partial charge in [-0.15, -0.1) is 12.4 Å². The molecule has 0 radical (unpaired) electrons. The number of carbonyl (C=O) groups is 1. The predicted octanol–water partition coefficient (Wildman–Crippen LogP) is 2.30. The molecule has 0 aromatic heterocycles. The summed E-state index contributed by atoms with van der Waals surface area (Å²) in [6, 6.07) is 0. The Morgan fingerprint density at radius 3 is 2.29 bits per heavy atom. The van der Waals surface area contributed by atoms with Crippen LogP contribution in [-0.4, -0.2) is 37.5 Å². The van der Waals surface area contributed by atoms with Crippen LogP contribution in [0.25, 0.3) is 0 Å². The van der Waals surface area contributed by atoms with Gasteiger partial charge in [-0.25, -0.2) is 0 Å². The van der Waals surface area contributed by atoms with Gasteiger partial charge in [0.1, 0.15) is 0 Å². The molecule has 102 valence electrons. The lowest BCUT2D eigenvalue weighted by Crippen LogP contribution is -2.37. The number of nitrogens with zero attached hydrogens (tertiary/aromatic N) is 1. The van der Waals surface area contributed by atoms with Crippen molar-refractivity contribution in [1.29, 1.82) is 0 Å². The molecular weight excluding hydrogens is 236 g/mol. The SMILES string of the molecule is CN(CC(C)(C)C)C(=O)CC1CCNCC1.Cl. The molecular formula is C13H27ClN2O. The van der Waals surface area contributed by atoms with Gasteiger partial charge in [-0.2, -0.15) is 0 Å². The van der Waals surface area contributed by atoms with E-state index >= 15 is 0 Å². The molecule has 0 spiro atoms. The standard InChI is InChI=1S/C13H26N2O.ClH/c1-13(2,3)10-15(4)12(16)9-11-5-7-14-8-6-11;/h11,14H,5-10H2,1-4H3;1H. The van der Waals surface area contributed by atoms with Gasteiger partial charge < -0.3 is 10.2 Å². The fourth-order valence-corrected chi connectivity index (χ4v) is 2.29. The first-order valence-corrected chi connectivity index (χ1v) is 6.33. The van der Waals surface area contributed by atoms with Crippen LogP contribution in [0.2, 0.25) is 0 Å². The van der Waals surface area contributed by atoms with Crippen LogP contribution >= 0.6 is 12.4 Å². The van der Waals surface area contributed by atoms with E-state index in [0.29, 0.717) is 11.8 Å². The number of hydrogen-bond acceptors (Lipinski definition) is 2. The minimum absolute atomic E-state index is 0. The van der Waals surface area contributed by atoms with Crippen LogP contribution in [-0.2, 0) is 4.79 Å². The minimum atomic E-state index is 0. The molecule has 0 aromatic rings. The highest BCUT2D eigenvalue weighted by Crippen LogP contribution is 2.19. The largest absolute Gasteiger partial charge is 0.345 e. The quantitative estimate of drug-likeness (QED) is 0.847. The number of piperidine rings is 1. The molecule has 0 bridgehead atoms. The van der Waals surface area contributed by atoms with Crippen LogP contribution in [0.3, 0.4) is 0 Å². The van der Waals surface area contributed by atoms with Crippen molar-refractivity contribution in [3.05, 3.63) is 0 Å². The van der Waals surface area contributed by atoms with Crippen LogP contribution < -0.4 is 5.32 Å². The average Bonchev–Trinajstić information content (AvgIpc) is 2.16. The van der Waals surface area contributed by atoms with Gasteiger partial charge in [0.2, 0.25) is 5.91 Å². The molecule has 1 amide bonds. The summed E-state index contributed by atoms with van der Waals surface area (Å²) >= 11 is 0. The molecule has 1 fully saturated rings. The summed E-state index contributed by atoms with van der Waals surface area (Å²) in [6.07, 6.45) is 3.03. The summed E-state index contributed by atoms with van der Waals surface area (Å²) in [5, 5.41) is 3.33. The van der Waals surface area contributed by atoms with E-state index in [-0.39, 0.29) is 17.8 Å². The summed E-state index contributed by atoms with van der Waals surface area (Å²) < 4.78 is 0.